The fraction of sp³-hybridized carbons (Fsp3) is 0.429. The predicted octanol–water partition coefficient (Wildman–Crippen LogP) is 4.33. The number of benzene rings is 2. The number of fused-ring (bicyclic) bond motifs is 3. The van der Waals surface area contributed by atoms with Crippen molar-refractivity contribution in [2.75, 3.05) is 20.8 Å². The molecular weight excluding hydrogens is 440 g/mol. The molecule has 0 aliphatic carbocycles. The highest BCUT2D eigenvalue weighted by atomic mass is 16.5. The van der Waals surface area contributed by atoms with Crippen molar-refractivity contribution in [2.45, 2.75) is 59.0 Å². The number of hydrogen-bond donors (Lipinski definition) is 1. The van der Waals surface area contributed by atoms with Gasteiger partial charge in [0.05, 0.1) is 25.6 Å². The van der Waals surface area contributed by atoms with Gasteiger partial charge in [-0.05, 0) is 47.1 Å². The SMILES string of the molecule is COc1cc2c(cc1OC)-c1c/c(=N/c3c(C(C)C)cccc3C(C)C)n(CCN)c(=O)n1CC2. The van der Waals surface area contributed by atoms with Crippen LogP contribution in [0.5, 0.6) is 11.5 Å². The molecule has 2 heterocycles. The Hall–Kier alpha value is -3.32. The minimum absolute atomic E-state index is 0.0970. The van der Waals surface area contributed by atoms with Gasteiger partial charge in [0.1, 0.15) is 5.49 Å². The lowest BCUT2D eigenvalue weighted by Gasteiger charge is -2.24. The lowest BCUT2D eigenvalue weighted by molar-refractivity contribution is 0.354. The van der Waals surface area contributed by atoms with Gasteiger partial charge in [-0.25, -0.2) is 9.79 Å². The minimum Gasteiger partial charge on any atom is -0.493 e. The number of rotatable bonds is 7. The first-order valence-corrected chi connectivity index (χ1v) is 12.3. The van der Waals surface area contributed by atoms with E-state index in [-0.39, 0.29) is 5.69 Å². The van der Waals surface area contributed by atoms with Gasteiger partial charge in [-0.1, -0.05) is 45.9 Å². The lowest BCUT2D eigenvalue weighted by Crippen LogP contribution is -2.43. The van der Waals surface area contributed by atoms with Crippen LogP contribution < -0.4 is 26.4 Å². The summed E-state index contributed by atoms with van der Waals surface area (Å²) in [6, 6.07) is 12.3. The van der Waals surface area contributed by atoms with Gasteiger partial charge in [-0.3, -0.25) is 9.13 Å². The molecule has 4 rings (SSSR count). The molecule has 0 amide bonds. The normalized spacial score (nSPS) is 13.2. The molecule has 35 heavy (non-hydrogen) atoms. The van der Waals surface area contributed by atoms with Crippen LogP contribution in [0.15, 0.2) is 46.2 Å². The summed E-state index contributed by atoms with van der Waals surface area (Å²) < 4.78 is 14.6. The highest BCUT2D eigenvalue weighted by molar-refractivity contribution is 5.70. The third-order valence-electron chi connectivity index (χ3n) is 6.71. The quantitative estimate of drug-likeness (QED) is 0.550. The maximum Gasteiger partial charge on any atom is 0.330 e. The number of nitrogens with two attached hydrogens (primary N) is 1. The molecule has 0 radical (unpaired) electrons. The van der Waals surface area contributed by atoms with Gasteiger partial charge in [0, 0.05) is 31.3 Å². The van der Waals surface area contributed by atoms with E-state index in [0.717, 1.165) is 28.9 Å². The molecule has 0 bridgehead atoms. The molecule has 1 aromatic heterocycles. The van der Waals surface area contributed by atoms with Crippen LogP contribution in [0, 0.1) is 0 Å². The monoisotopic (exact) mass is 476 g/mol. The molecule has 0 atom stereocenters. The summed E-state index contributed by atoms with van der Waals surface area (Å²) >= 11 is 0. The van der Waals surface area contributed by atoms with E-state index >= 15 is 0 Å². The molecule has 0 saturated heterocycles. The second kappa shape index (κ2) is 10.1. The first-order valence-electron chi connectivity index (χ1n) is 12.3. The van der Waals surface area contributed by atoms with Crippen molar-refractivity contribution in [3.05, 3.63) is 69.1 Å². The second-order valence-corrected chi connectivity index (χ2v) is 9.58. The van der Waals surface area contributed by atoms with Gasteiger partial charge in [-0.2, -0.15) is 0 Å². The Morgan fingerprint density at radius 2 is 1.63 bits per heavy atom. The van der Waals surface area contributed by atoms with E-state index in [1.54, 1.807) is 18.8 Å². The number of nitrogens with zero attached hydrogens (tertiary/aromatic N) is 3. The van der Waals surface area contributed by atoms with Crippen molar-refractivity contribution < 1.29 is 9.47 Å². The van der Waals surface area contributed by atoms with Crippen LogP contribution in [0.4, 0.5) is 5.69 Å². The van der Waals surface area contributed by atoms with Crippen LogP contribution in [0.2, 0.25) is 0 Å². The average Bonchev–Trinajstić information content (AvgIpc) is 2.85. The molecule has 1 aliphatic rings. The molecule has 0 fully saturated rings. The smallest absolute Gasteiger partial charge is 0.330 e. The van der Waals surface area contributed by atoms with E-state index in [9.17, 15) is 4.79 Å². The number of ether oxygens (including phenoxy) is 2. The Morgan fingerprint density at radius 1 is 1.00 bits per heavy atom. The van der Waals surface area contributed by atoms with E-state index in [0.29, 0.717) is 48.5 Å². The van der Waals surface area contributed by atoms with Crippen molar-refractivity contribution in [3.8, 4) is 22.8 Å². The summed E-state index contributed by atoms with van der Waals surface area (Å²) in [5.41, 5.74) is 12.6. The third-order valence-corrected chi connectivity index (χ3v) is 6.71. The van der Waals surface area contributed by atoms with Crippen molar-refractivity contribution in [1.82, 2.24) is 9.13 Å². The highest BCUT2D eigenvalue weighted by Crippen LogP contribution is 2.38. The maximum atomic E-state index is 13.7. The first-order chi connectivity index (χ1) is 16.8. The summed E-state index contributed by atoms with van der Waals surface area (Å²) in [4.78, 5) is 18.9. The molecule has 7 heteroatoms. The second-order valence-electron chi connectivity index (χ2n) is 9.58. The zero-order chi connectivity index (χ0) is 25.3. The molecule has 7 nitrogen and oxygen atoms in total. The van der Waals surface area contributed by atoms with E-state index in [2.05, 4.69) is 45.9 Å². The summed E-state index contributed by atoms with van der Waals surface area (Å²) in [5.74, 6) is 1.92. The number of aryl methyl sites for hydroxylation is 1. The van der Waals surface area contributed by atoms with Gasteiger partial charge in [0.15, 0.2) is 11.5 Å². The lowest BCUT2D eigenvalue weighted by atomic mass is 9.93. The average molecular weight is 477 g/mol. The Morgan fingerprint density at radius 3 is 2.20 bits per heavy atom. The fourth-order valence-electron chi connectivity index (χ4n) is 4.85. The van der Waals surface area contributed by atoms with Crippen LogP contribution in [0.1, 0.15) is 56.2 Å². The molecule has 2 aromatic carbocycles. The largest absolute Gasteiger partial charge is 0.493 e. The summed E-state index contributed by atoms with van der Waals surface area (Å²) in [7, 11) is 3.26. The Bertz CT molecular complexity index is 1340. The number of methoxy groups -OCH3 is 2. The van der Waals surface area contributed by atoms with Gasteiger partial charge in [-0.15, -0.1) is 0 Å². The summed E-state index contributed by atoms with van der Waals surface area (Å²) in [6.07, 6.45) is 0.732. The van der Waals surface area contributed by atoms with Crippen LogP contribution >= 0.6 is 0 Å². The standard InChI is InChI=1S/C28H36N4O3/c1-17(2)20-8-7-9-21(18(3)4)27(20)30-26-16-23-22-15-25(35-6)24(34-5)14-19(22)10-12-31(23)28(33)32(26)13-11-29/h7-9,14-18H,10-13,29H2,1-6H3/b30-26-. The molecule has 0 unspecified atom stereocenters. The van der Waals surface area contributed by atoms with Crippen LogP contribution in [0.3, 0.4) is 0 Å². The summed E-state index contributed by atoms with van der Waals surface area (Å²) in [6.45, 7) is 10.0. The predicted molar refractivity (Wildman–Crippen MR) is 140 cm³/mol. The third kappa shape index (κ3) is 4.52. The van der Waals surface area contributed by atoms with Crippen molar-refractivity contribution in [2.24, 2.45) is 10.7 Å². The maximum absolute atomic E-state index is 13.7. The highest BCUT2D eigenvalue weighted by Gasteiger charge is 2.22. The molecule has 0 spiro atoms. The fourth-order valence-corrected chi connectivity index (χ4v) is 4.85. The van der Waals surface area contributed by atoms with Crippen LogP contribution in [-0.4, -0.2) is 29.9 Å². The molecule has 3 aromatic rings. The number of hydrogen-bond acceptors (Lipinski definition) is 5. The molecular formula is C28H36N4O3. The van der Waals surface area contributed by atoms with Gasteiger partial charge < -0.3 is 15.2 Å². The van der Waals surface area contributed by atoms with Gasteiger partial charge in [0.2, 0.25) is 0 Å². The minimum atomic E-state index is -0.0970. The zero-order valence-electron chi connectivity index (χ0n) is 21.6. The van der Waals surface area contributed by atoms with E-state index in [4.69, 9.17) is 20.2 Å². The number of aromatic nitrogens is 2. The van der Waals surface area contributed by atoms with E-state index < -0.39 is 0 Å². The summed E-state index contributed by atoms with van der Waals surface area (Å²) in [5, 5.41) is 0. The van der Waals surface area contributed by atoms with Crippen molar-refractivity contribution in [3.63, 3.8) is 0 Å². The Labute approximate surface area is 206 Å². The molecule has 1 aliphatic heterocycles. The Kier molecular flexibility index (Phi) is 7.17. The van der Waals surface area contributed by atoms with Gasteiger partial charge in [0.25, 0.3) is 0 Å². The van der Waals surface area contributed by atoms with E-state index in [1.807, 2.05) is 22.8 Å². The van der Waals surface area contributed by atoms with Crippen molar-refractivity contribution >= 4 is 5.69 Å². The topological polar surface area (TPSA) is 83.8 Å². The molecule has 186 valence electrons. The van der Waals surface area contributed by atoms with E-state index in [1.165, 1.54) is 11.1 Å². The van der Waals surface area contributed by atoms with Crippen molar-refractivity contribution in [1.29, 1.82) is 0 Å². The van der Waals surface area contributed by atoms with Gasteiger partial charge >= 0.3 is 5.69 Å². The molecule has 2 N–H and O–H groups in total. The van der Waals surface area contributed by atoms with Crippen LogP contribution in [0.25, 0.3) is 11.3 Å². The Balaban J connectivity index is 2.06. The van der Waals surface area contributed by atoms with Crippen LogP contribution in [-0.2, 0) is 19.5 Å². The first kappa shape index (κ1) is 24.8. The number of para-hydroxylation sites is 1. The molecule has 0 saturated carbocycles. The zero-order valence-corrected chi connectivity index (χ0v) is 21.6.